The zero-order chi connectivity index (χ0) is 15.8. The number of carbonyl (C=O) groups excluding carboxylic acids is 1. The molecule has 1 heterocycles. The maximum absolute atomic E-state index is 11.4. The zero-order valence-electron chi connectivity index (χ0n) is 13.5. The van der Waals surface area contributed by atoms with Crippen LogP contribution >= 0.6 is 0 Å². The highest BCUT2D eigenvalue weighted by Gasteiger charge is 2.23. The van der Waals surface area contributed by atoms with Gasteiger partial charge in [0, 0.05) is 26.6 Å². The van der Waals surface area contributed by atoms with Crippen molar-refractivity contribution in [3.63, 3.8) is 0 Å². The van der Waals surface area contributed by atoms with Crippen LogP contribution in [-0.2, 0) is 4.79 Å². The van der Waals surface area contributed by atoms with Crippen LogP contribution in [0.1, 0.15) is 19.3 Å². The van der Waals surface area contributed by atoms with Crippen molar-refractivity contribution >= 4 is 5.91 Å². The van der Waals surface area contributed by atoms with Gasteiger partial charge in [-0.25, -0.2) is 0 Å². The summed E-state index contributed by atoms with van der Waals surface area (Å²) in [5, 5.41) is 2.70. The molecule has 2 rings (SSSR count). The number of benzene rings is 1. The monoisotopic (exact) mass is 306 g/mol. The van der Waals surface area contributed by atoms with Crippen LogP contribution < -0.4 is 14.8 Å². The molecule has 1 aliphatic heterocycles. The molecule has 0 unspecified atom stereocenters. The summed E-state index contributed by atoms with van der Waals surface area (Å²) in [6.07, 6.45) is 2.76. The lowest BCUT2D eigenvalue weighted by atomic mass is 10.1. The smallest absolute Gasteiger partial charge is 0.220 e. The van der Waals surface area contributed by atoms with Gasteiger partial charge in [0.1, 0.15) is 11.5 Å². The molecule has 1 atom stereocenters. The molecule has 0 spiro atoms. The SMILES string of the molecule is CNC(=O)C[C@@H]1CCN(CCCOc2ccc(OC)cc2)C1. The third-order valence-electron chi connectivity index (χ3n) is 4.07. The van der Waals surface area contributed by atoms with Crippen molar-refractivity contribution in [2.45, 2.75) is 19.3 Å². The van der Waals surface area contributed by atoms with Crippen molar-refractivity contribution in [1.29, 1.82) is 0 Å². The topological polar surface area (TPSA) is 50.8 Å². The molecule has 1 aliphatic rings. The highest BCUT2D eigenvalue weighted by atomic mass is 16.5. The summed E-state index contributed by atoms with van der Waals surface area (Å²) in [6.45, 7) is 3.85. The Morgan fingerprint density at radius 1 is 1.32 bits per heavy atom. The van der Waals surface area contributed by atoms with Gasteiger partial charge in [0.05, 0.1) is 13.7 Å². The summed E-state index contributed by atoms with van der Waals surface area (Å²) in [4.78, 5) is 13.8. The Bertz CT molecular complexity index is 461. The maximum Gasteiger partial charge on any atom is 0.220 e. The van der Waals surface area contributed by atoms with E-state index in [0.29, 0.717) is 18.9 Å². The fourth-order valence-electron chi connectivity index (χ4n) is 2.80. The van der Waals surface area contributed by atoms with E-state index in [2.05, 4.69) is 10.2 Å². The van der Waals surface area contributed by atoms with E-state index in [1.165, 1.54) is 0 Å². The van der Waals surface area contributed by atoms with Gasteiger partial charge in [-0.05, 0) is 49.6 Å². The molecule has 22 heavy (non-hydrogen) atoms. The maximum atomic E-state index is 11.4. The number of methoxy groups -OCH3 is 1. The number of amides is 1. The quantitative estimate of drug-likeness (QED) is 0.746. The first-order valence-corrected chi connectivity index (χ1v) is 7.91. The number of rotatable bonds is 8. The van der Waals surface area contributed by atoms with Crippen molar-refractivity contribution in [2.24, 2.45) is 5.92 Å². The number of nitrogens with zero attached hydrogens (tertiary/aromatic N) is 1. The molecule has 1 fully saturated rings. The van der Waals surface area contributed by atoms with Crippen molar-refractivity contribution in [3.05, 3.63) is 24.3 Å². The third kappa shape index (κ3) is 5.22. The van der Waals surface area contributed by atoms with Crippen molar-refractivity contribution < 1.29 is 14.3 Å². The van der Waals surface area contributed by atoms with Crippen LogP contribution in [0, 0.1) is 5.92 Å². The van der Waals surface area contributed by atoms with Crippen LogP contribution in [-0.4, -0.2) is 51.2 Å². The molecule has 0 bridgehead atoms. The molecule has 5 heteroatoms. The van der Waals surface area contributed by atoms with E-state index in [1.54, 1.807) is 14.2 Å². The van der Waals surface area contributed by atoms with Crippen LogP contribution in [0.25, 0.3) is 0 Å². The highest BCUT2D eigenvalue weighted by Crippen LogP contribution is 2.20. The van der Waals surface area contributed by atoms with Gasteiger partial charge >= 0.3 is 0 Å². The molecule has 1 aromatic carbocycles. The molecular weight excluding hydrogens is 280 g/mol. The first kappa shape index (κ1) is 16.6. The average molecular weight is 306 g/mol. The molecule has 1 saturated heterocycles. The van der Waals surface area contributed by atoms with Gasteiger partial charge < -0.3 is 19.7 Å². The molecule has 0 aromatic heterocycles. The van der Waals surface area contributed by atoms with E-state index < -0.39 is 0 Å². The average Bonchev–Trinajstić information content (AvgIpc) is 2.99. The van der Waals surface area contributed by atoms with Crippen LogP contribution in [0.2, 0.25) is 0 Å². The number of nitrogens with one attached hydrogen (secondary N) is 1. The highest BCUT2D eigenvalue weighted by molar-refractivity contribution is 5.75. The van der Waals surface area contributed by atoms with Gasteiger partial charge in [-0.15, -0.1) is 0 Å². The van der Waals surface area contributed by atoms with Gasteiger partial charge in [-0.3, -0.25) is 4.79 Å². The second-order valence-corrected chi connectivity index (χ2v) is 5.71. The standard InChI is InChI=1S/C17H26N2O3/c1-18-17(20)12-14-8-10-19(13-14)9-3-11-22-16-6-4-15(21-2)5-7-16/h4-7,14H,3,8-13H2,1-2H3,(H,18,20)/t14-/m0/s1. The molecule has 122 valence electrons. The van der Waals surface area contributed by atoms with Crippen molar-refractivity contribution in [2.75, 3.05) is 40.4 Å². The molecule has 0 saturated carbocycles. The third-order valence-corrected chi connectivity index (χ3v) is 4.07. The van der Waals surface area contributed by atoms with Crippen LogP contribution in [0.5, 0.6) is 11.5 Å². The number of ether oxygens (including phenoxy) is 2. The Labute approximate surface area is 132 Å². The lowest BCUT2D eigenvalue weighted by Gasteiger charge is -2.16. The molecule has 5 nitrogen and oxygen atoms in total. The lowest BCUT2D eigenvalue weighted by molar-refractivity contribution is -0.121. The zero-order valence-corrected chi connectivity index (χ0v) is 13.5. The fraction of sp³-hybridized carbons (Fsp3) is 0.588. The number of hydrogen-bond donors (Lipinski definition) is 1. The minimum Gasteiger partial charge on any atom is -0.497 e. The van der Waals surface area contributed by atoms with Gasteiger partial charge in [0.2, 0.25) is 5.91 Å². The number of hydrogen-bond acceptors (Lipinski definition) is 4. The van der Waals surface area contributed by atoms with E-state index in [-0.39, 0.29) is 5.91 Å². The normalized spacial score (nSPS) is 18.2. The minimum atomic E-state index is 0.148. The summed E-state index contributed by atoms with van der Waals surface area (Å²) in [5.74, 6) is 2.36. The molecule has 1 aromatic rings. The Morgan fingerprint density at radius 2 is 2.05 bits per heavy atom. The summed E-state index contributed by atoms with van der Waals surface area (Å²) in [7, 11) is 3.36. The number of likely N-dealkylation sites (tertiary alicyclic amines) is 1. The lowest BCUT2D eigenvalue weighted by Crippen LogP contribution is -2.25. The van der Waals surface area contributed by atoms with Gasteiger partial charge in [0.15, 0.2) is 0 Å². The molecule has 1 N–H and O–H groups in total. The molecule has 1 amide bonds. The summed E-state index contributed by atoms with van der Waals surface area (Å²) >= 11 is 0. The number of carbonyl (C=O) groups is 1. The fourth-order valence-corrected chi connectivity index (χ4v) is 2.80. The van der Waals surface area contributed by atoms with E-state index in [4.69, 9.17) is 9.47 Å². The largest absolute Gasteiger partial charge is 0.497 e. The van der Waals surface area contributed by atoms with Crippen molar-refractivity contribution in [1.82, 2.24) is 10.2 Å². The Hall–Kier alpha value is -1.75. The second-order valence-electron chi connectivity index (χ2n) is 5.71. The van der Waals surface area contributed by atoms with Crippen LogP contribution in [0.4, 0.5) is 0 Å². The molecule has 0 aliphatic carbocycles. The molecular formula is C17H26N2O3. The summed E-state index contributed by atoms with van der Waals surface area (Å²) in [6, 6.07) is 7.65. The Balaban J connectivity index is 1.60. The van der Waals surface area contributed by atoms with Crippen molar-refractivity contribution in [3.8, 4) is 11.5 Å². The molecule has 0 radical (unpaired) electrons. The van der Waals surface area contributed by atoms with E-state index in [1.807, 2.05) is 24.3 Å². The van der Waals surface area contributed by atoms with Crippen LogP contribution in [0.3, 0.4) is 0 Å². The summed E-state index contributed by atoms with van der Waals surface area (Å²) < 4.78 is 10.8. The van der Waals surface area contributed by atoms with E-state index in [9.17, 15) is 4.79 Å². The second kappa shape index (κ2) is 8.63. The Morgan fingerprint density at radius 3 is 2.73 bits per heavy atom. The minimum absolute atomic E-state index is 0.148. The first-order chi connectivity index (χ1) is 10.7. The predicted molar refractivity (Wildman–Crippen MR) is 86.3 cm³/mol. The Kier molecular flexibility index (Phi) is 6.52. The van der Waals surface area contributed by atoms with E-state index in [0.717, 1.165) is 44.0 Å². The van der Waals surface area contributed by atoms with Gasteiger partial charge in [-0.1, -0.05) is 0 Å². The predicted octanol–water partition coefficient (Wildman–Crippen LogP) is 1.92. The van der Waals surface area contributed by atoms with Crippen LogP contribution in [0.15, 0.2) is 24.3 Å². The van der Waals surface area contributed by atoms with E-state index >= 15 is 0 Å². The van der Waals surface area contributed by atoms with Gasteiger partial charge in [-0.2, -0.15) is 0 Å². The summed E-state index contributed by atoms with van der Waals surface area (Å²) in [5.41, 5.74) is 0. The van der Waals surface area contributed by atoms with Gasteiger partial charge in [0.25, 0.3) is 0 Å². The first-order valence-electron chi connectivity index (χ1n) is 7.91.